The fraction of sp³-hybridized carbons (Fsp3) is 0. The van der Waals surface area contributed by atoms with Gasteiger partial charge >= 0.3 is 65.6 Å². The van der Waals surface area contributed by atoms with E-state index in [1.165, 1.54) is 0 Å². The first-order valence-electron chi connectivity index (χ1n) is 1.69. The van der Waals surface area contributed by atoms with Crippen LogP contribution in [0.25, 0.3) is 0 Å². The smallest absolute Gasteiger partial charge is 0.861 e. The Morgan fingerprint density at radius 1 is 0.833 bits per heavy atom. The second-order valence-electron chi connectivity index (χ2n) is 1.18. The van der Waals surface area contributed by atoms with Gasteiger partial charge in [0.25, 0.3) is 0 Å². The van der Waals surface area contributed by atoms with E-state index in [1.807, 2.05) is 0 Å². The molecule has 0 aromatic rings. The topological polar surface area (TPSA) is 139 Å². The summed E-state index contributed by atoms with van der Waals surface area (Å²) in [5.41, 5.74) is 0. The zero-order chi connectivity index (χ0) is 7.71. The first-order chi connectivity index (χ1) is 3.71. The molecule has 0 unspecified atom stereocenters. The van der Waals surface area contributed by atoms with Crippen LogP contribution in [-0.2, 0) is 4.12 Å². The fourth-order valence-corrected chi connectivity index (χ4v) is 1.51. The maximum Gasteiger partial charge on any atom is 1.00 e. The molecule has 0 bridgehead atoms. The molecule has 0 aromatic heterocycles. The summed E-state index contributed by atoms with van der Waals surface area (Å²) in [5, 5.41) is 0. The molecule has 0 aliphatic carbocycles. The fourth-order valence-electron chi connectivity index (χ4n) is 0.168. The molecule has 0 rings (SSSR count). The minimum atomic E-state index is -5.73. The molecule has 0 atom stereocenters. The minimum Gasteiger partial charge on any atom is -0.861 e. The van der Waals surface area contributed by atoms with Gasteiger partial charge in [-0.25, -0.2) is 0 Å². The van der Waals surface area contributed by atoms with Gasteiger partial charge in [0.05, 0.1) is 0 Å². The maximum atomic E-state index is 9.48. The molecule has 0 fully saturated rings. The molecule has 7 nitrogen and oxygen atoms in total. The molecule has 12 heteroatoms. The van der Waals surface area contributed by atoms with Crippen LogP contribution in [-0.4, -0.2) is 32.5 Å². The molecule has 0 amide bonds. The molecule has 12 heavy (non-hydrogen) atoms. The molecule has 0 aliphatic rings. The van der Waals surface area contributed by atoms with Gasteiger partial charge in [-0.3, -0.25) is 0 Å². The van der Waals surface area contributed by atoms with Crippen molar-refractivity contribution in [1.82, 2.24) is 0 Å². The average Bonchev–Trinajstić information content (AvgIpc) is 1.14. The number of rotatable bonds is 2. The van der Waals surface area contributed by atoms with E-state index in [0.717, 1.165) is 0 Å². The van der Waals surface area contributed by atoms with Crippen molar-refractivity contribution >= 4 is 18.1 Å². The van der Waals surface area contributed by atoms with Gasteiger partial charge in [0.1, 0.15) is 0 Å². The summed E-state index contributed by atoms with van der Waals surface area (Å²) >= 11 is 0. The summed E-state index contributed by atoms with van der Waals surface area (Å²) in [5.74, 6) is 0. The largest absolute Gasteiger partial charge is 1.00 e. The molecule has 0 saturated carbocycles. The maximum absolute atomic E-state index is 9.48. The summed E-state index contributed by atoms with van der Waals surface area (Å²) in [4.78, 5) is 51.9. The van der Waals surface area contributed by atoms with E-state index in [-0.39, 0.29) is 56.6 Å². The predicted molar refractivity (Wildman–Crippen MR) is 19.2 cm³/mol. The third-order valence-electron chi connectivity index (χ3n) is 0.262. The number of hydrogen-bond acceptors (Lipinski definition) is 7. The summed E-state index contributed by atoms with van der Waals surface area (Å²) in [7, 11) is -10.9. The Labute approximate surface area is 107 Å². The van der Waals surface area contributed by atoms with Crippen molar-refractivity contribution in [3.63, 3.8) is 0 Å². The molecular weight excluding hydrogens is 189 g/mol. The Bertz CT molecular complexity index is 81.8. The van der Waals surface area contributed by atoms with E-state index < -0.39 is 18.1 Å². The van der Waals surface area contributed by atoms with Gasteiger partial charge in [-0.1, -0.05) is 0 Å². The molecule has 0 radical (unpaired) electrons. The third kappa shape index (κ3) is 22.7. The van der Waals surface area contributed by atoms with Crippen molar-refractivity contribution < 1.29 is 89.5 Å². The van der Waals surface area contributed by atoms with Crippen LogP contribution >= 0.6 is 0 Å². The zero-order valence-corrected chi connectivity index (χ0v) is 8.97. The molecule has 56 valence electrons. The zero-order valence-electron chi connectivity index (χ0n) is 6.97. The van der Waals surface area contributed by atoms with Gasteiger partial charge in [-0.15, -0.1) is 9.05 Å². The standard InChI is InChI=1S/3Li.H3O7Si2/c;;;1-8(2,3)7-9(4,5)6/h;;;1-3H/q3*+1;-3. The SMILES string of the molecule is [Li+].[Li+].[Li+].[O-][Si]([O-])([O-])O[Si](O)(O)O. The Kier molecular flexibility index (Phi) is 16.3. The van der Waals surface area contributed by atoms with Crippen LogP contribution < -0.4 is 71.0 Å². The van der Waals surface area contributed by atoms with Gasteiger partial charge < -0.3 is 32.9 Å². The van der Waals surface area contributed by atoms with Crippen LogP contribution in [0.5, 0.6) is 0 Å². The summed E-state index contributed by atoms with van der Waals surface area (Å²) in [6, 6.07) is 0. The first-order valence-corrected chi connectivity index (χ1v) is 5.07. The first kappa shape index (κ1) is 23.6. The Balaban J connectivity index is -0.000000107. The molecule has 0 aromatic carbocycles. The van der Waals surface area contributed by atoms with E-state index in [9.17, 15) is 14.4 Å². The van der Waals surface area contributed by atoms with Gasteiger partial charge in [-0.2, -0.15) is 0 Å². The predicted octanol–water partition coefficient (Wildman–Crippen LogP) is -15.1. The van der Waals surface area contributed by atoms with Crippen LogP contribution in [0, 0.1) is 0 Å². The number of hydrogen-bond donors (Lipinski definition) is 3. The van der Waals surface area contributed by atoms with Crippen molar-refractivity contribution in [2.24, 2.45) is 0 Å². The van der Waals surface area contributed by atoms with Crippen molar-refractivity contribution in [3.8, 4) is 0 Å². The van der Waals surface area contributed by atoms with E-state index in [2.05, 4.69) is 4.12 Å². The normalized spacial score (nSPS) is 10.5. The Hall–Kier alpha value is 1.95. The molecule has 3 N–H and O–H groups in total. The summed E-state index contributed by atoms with van der Waals surface area (Å²) < 4.78 is 2.90. The van der Waals surface area contributed by atoms with Gasteiger partial charge in [0.15, 0.2) is 0 Å². The average molecular weight is 192 g/mol. The second kappa shape index (κ2) is 8.27. The van der Waals surface area contributed by atoms with Crippen LogP contribution in [0.15, 0.2) is 0 Å². The van der Waals surface area contributed by atoms with Gasteiger partial charge in [0.2, 0.25) is 0 Å². The molecule has 0 saturated heterocycles. The summed E-state index contributed by atoms with van der Waals surface area (Å²) in [6.07, 6.45) is 0. The van der Waals surface area contributed by atoms with E-state index in [4.69, 9.17) is 14.4 Å². The quantitative estimate of drug-likeness (QED) is 0.369. The summed E-state index contributed by atoms with van der Waals surface area (Å²) in [6.45, 7) is 0. The van der Waals surface area contributed by atoms with E-state index in [0.29, 0.717) is 0 Å². The second-order valence-corrected chi connectivity index (χ2v) is 4.14. The van der Waals surface area contributed by atoms with Crippen LogP contribution in [0.4, 0.5) is 0 Å². The van der Waals surface area contributed by atoms with Crippen LogP contribution in [0.1, 0.15) is 0 Å². The molecule has 0 heterocycles. The van der Waals surface area contributed by atoms with Crippen molar-refractivity contribution in [1.29, 1.82) is 0 Å². The monoisotopic (exact) mass is 192 g/mol. The molecular formula is H3Li3O7Si2. The van der Waals surface area contributed by atoms with Crippen molar-refractivity contribution in [2.45, 2.75) is 0 Å². The van der Waals surface area contributed by atoms with Gasteiger partial charge in [-0.05, 0) is 0 Å². The van der Waals surface area contributed by atoms with Crippen LogP contribution in [0.2, 0.25) is 0 Å². The van der Waals surface area contributed by atoms with Gasteiger partial charge in [0, 0.05) is 0 Å². The van der Waals surface area contributed by atoms with E-state index >= 15 is 0 Å². The molecule has 0 spiro atoms. The minimum absolute atomic E-state index is 0. The third-order valence-corrected chi connectivity index (χ3v) is 2.36. The Morgan fingerprint density at radius 2 is 1.08 bits per heavy atom. The van der Waals surface area contributed by atoms with Crippen LogP contribution in [0.3, 0.4) is 0 Å². The van der Waals surface area contributed by atoms with Crippen molar-refractivity contribution in [2.75, 3.05) is 0 Å². The van der Waals surface area contributed by atoms with E-state index in [1.54, 1.807) is 0 Å². The Morgan fingerprint density at radius 3 is 1.08 bits per heavy atom. The van der Waals surface area contributed by atoms with Crippen molar-refractivity contribution in [3.05, 3.63) is 0 Å². The molecule has 0 aliphatic heterocycles.